The molecule has 3 N–H and O–H groups in total. The van der Waals surface area contributed by atoms with Gasteiger partial charge in [0.25, 0.3) is 0 Å². The molecule has 2 rings (SSSR count). The molecule has 1 aromatic rings. The van der Waals surface area contributed by atoms with Crippen LogP contribution in [0.3, 0.4) is 0 Å². The molecule has 5 heteroatoms. The fourth-order valence-electron chi connectivity index (χ4n) is 2.74. The molecule has 1 aliphatic rings. The predicted molar refractivity (Wildman–Crippen MR) is 79.1 cm³/mol. The molecule has 0 radical (unpaired) electrons. The number of hydrogen-bond donors (Lipinski definition) is 2. The topological polar surface area (TPSA) is 71.1 Å². The van der Waals surface area contributed by atoms with Crippen LogP contribution in [0.2, 0.25) is 0 Å². The van der Waals surface area contributed by atoms with Crippen molar-refractivity contribution < 1.29 is 9.94 Å². The van der Waals surface area contributed by atoms with E-state index in [9.17, 15) is 0 Å². The van der Waals surface area contributed by atoms with E-state index in [2.05, 4.69) is 23.9 Å². The minimum absolute atomic E-state index is 0.0665. The zero-order chi connectivity index (χ0) is 14.7. The van der Waals surface area contributed by atoms with Crippen molar-refractivity contribution in [1.82, 2.24) is 4.90 Å². The van der Waals surface area contributed by atoms with Crippen molar-refractivity contribution >= 4 is 5.84 Å². The Morgan fingerprint density at radius 1 is 1.40 bits per heavy atom. The standard InChI is InChI=1S/C15H23N3O2/c1-10-7-18(8-11(10)2)9-12-4-5-13(15(16)17-19)14(6-12)20-3/h4-6,10-11,19H,7-9H2,1-3H3,(H2,16,17). The van der Waals surface area contributed by atoms with E-state index in [1.807, 2.05) is 18.2 Å². The molecule has 1 saturated heterocycles. The Morgan fingerprint density at radius 2 is 2.05 bits per heavy atom. The summed E-state index contributed by atoms with van der Waals surface area (Å²) in [5.41, 5.74) is 7.42. The summed E-state index contributed by atoms with van der Waals surface area (Å²) in [7, 11) is 1.59. The molecular weight excluding hydrogens is 254 g/mol. The van der Waals surface area contributed by atoms with Crippen molar-refractivity contribution in [3.8, 4) is 5.75 Å². The highest BCUT2D eigenvalue weighted by Crippen LogP contribution is 2.26. The van der Waals surface area contributed by atoms with Gasteiger partial charge in [-0.1, -0.05) is 25.1 Å². The first-order chi connectivity index (χ1) is 9.55. The summed E-state index contributed by atoms with van der Waals surface area (Å²) in [6, 6.07) is 5.80. The number of oxime groups is 1. The number of benzene rings is 1. The minimum Gasteiger partial charge on any atom is -0.496 e. The monoisotopic (exact) mass is 277 g/mol. The molecule has 2 unspecified atom stereocenters. The Balaban J connectivity index is 2.14. The molecule has 0 bridgehead atoms. The maximum Gasteiger partial charge on any atom is 0.173 e. The Kier molecular flexibility index (Phi) is 4.49. The summed E-state index contributed by atoms with van der Waals surface area (Å²) in [5, 5.41) is 11.8. The van der Waals surface area contributed by atoms with Gasteiger partial charge in [-0.2, -0.15) is 0 Å². The quantitative estimate of drug-likeness (QED) is 0.381. The second-order valence-corrected chi connectivity index (χ2v) is 5.67. The summed E-state index contributed by atoms with van der Waals surface area (Å²) in [6.07, 6.45) is 0. The van der Waals surface area contributed by atoms with E-state index < -0.39 is 0 Å². The van der Waals surface area contributed by atoms with E-state index >= 15 is 0 Å². The van der Waals surface area contributed by atoms with Gasteiger partial charge in [0, 0.05) is 19.6 Å². The van der Waals surface area contributed by atoms with Gasteiger partial charge in [0.1, 0.15) is 5.75 Å². The van der Waals surface area contributed by atoms with Gasteiger partial charge in [-0.15, -0.1) is 0 Å². The first-order valence-corrected chi connectivity index (χ1v) is 6.92. The fourth-order valence-corrected chi connectivity index (χ4v) is 2.74. The van der Waals surface area contributed by atoms with E-state index in [1.54, 1.807) is 7.11 Å². The third kappa shape index (κ3) is 3.04. The number of amidine groups is 1. The van der Waals surface area contributed by atoms with Gasteiger partial charge in [-0.3, -0.25) is 4.90 Å². The van der Waals surface area contributed by atoms with Gasteiger partial charge in [-0.25, -0.2) is 0 Å². The van der Waals surface area contributed by atoms with Crippen molar-refractivity contribution in [2.24, 2.45) is 22.7 Å². The molecule has 0 aromatic heterocycles. The average Bonchev–Trinajstić information content (AvgIpc) is 2.76. The molecule has 110 valence electrons. The van der Waals surface area contributed by atoms with Gasteiger partial charge in [0.15, 0.2) is 5.84 Å². The molecule has 1 heterocycles. The van der Waals surface area contributed by atoms with Gasteiger partial charge >= 0.3 is 0 Å². The van der Waals surface area contributed by atoms with Gasteiger partial charge in [-0.05, 0) is 29.5 Å². The molecule has 20 heavy (non-hydrogen) atoms. The molecule has 0 aliphatic carbocycles. The lowest BCUT2D eigenvalue weighted by molar-refractivity contribution is 0.315. The van der Waals surface area contributed by atoms with Crippen LogP contribution < -0.4 is 10.5 Å². The number of nitrogens with zero attached hydrogens (tertiary/aromatic N) is 2. The summed E-state index contributed by atoms with van der Waals surface area (Å²) in [5.74, 6) is 2.19. The van der Waals surface area contributed by atoms with Crippen LogP contribution in [-0.2, 0) is 6.54 Å². The molecule has 0 saturated carbocycles. The predicted octanol–water partition coefficient (Wildman–Crippen LogP) is 1.88. The number of nitrogens with two attached hydrogens (primary N) is 1. The van der Waals surface area contributed by atoms with Crippen LogP contribution in [0.5, 0.6) is 5.75 Å². The van der Waals surface area contributed by atoms with Crippen LogP contribution in [0.1, 0.15) is 25.0 Å². The van der Waals surface area contributed by atoms with E-state index in [-0.39, 0.29) is 5.84 Å². The van der Waals surface area contributed by atoms with Crippen LogP contribution in [-0.4, -0.2) is 36.1 Å². The Labute approximate surface area is 120 Å². The van der Waals surface area contributed by atoms with Gasteiger partial charge in [0.2, 0.25) is 0 Å². The summed E-state index contributed by atoms with van der Waals surface area (Å²) in [4.78, 5) is 2.45. The summed E-state index contributed by atoms with van der Waals surface area (Å²) in [6.45, 7) is 7.76. The molecule has 1 fully saturated rings. The lowest BCUT2D eigenvalue weighted by Gasteiger charge is -2.17. The second kappa shape index (κ2) is 6.13. The van der Waals surface area contributed by atoms with Crippen molar-refractivity contribution in [2.45, 2.75) is 20.4 Å². The molecule has 5 nitrogen and oxygen atoms in total. The number of ether oxygens (including phenoxy) is 1. The zero-order valence-corrected chi connectivity index (χ0v) is 12.3. The van der Waals surface area contributed by atoms with Gasteiger partial charge in [0.05, 0.1) is 12.7 Å². The van der Waals surface area contributed by atoms with Crippen molar-refractivity contribution in [3.05, 3.63) is 29.3 Å². The zero-order valence-electron chi connectivity index (χ0n) is 12.3. The largest absolute Gasteiger partial charge is 0.496 e. The Bertz CT molecular complexity index is 492. The smallest absolute Gasteiger partial charge is 0.173 e. The van der Waals surface area contributed by atoms with Gasteiger partial charge < -0.3 is 15.7 Å². The molecule has 0 amide bonds. The first kappa shape index (κ1) is 14.7. The third-order valence-electron chi connectivity index (χ3n) is 4.12. The van der Waals surface area contributed by atoms with Crippen LogP contribution in [0.15, 0.2) is 23.4 Å². The molecule has 1 aromatic carbocycles. The highest BCUT2D eigenvalue weighted by Gasteiger charge is 2.25. The molecule has 0 spiro atoms. The lowest BCUT2D eigenvalue weighted by atomic mass is 10.0. The average molecular weight is 277 g/mol. The van der Waals surface area contributed by atoms with E-state index in [1.165, 1.54) is 5.56 Å². The van der Waals surface area contributed by atoms with Crippen molar-refractivity contribution in [3.63, 3.8) is 0 Å². The van der Waals surface area contributed by atoms with Crippen LogP contribution in [0.4, 0.5) is 0 Å². The molecule has 2 atom stereocenters. The van der Waals surface area contributed by atoms with Crippen LogP contribution in [0, 0.1) is 11.8 Å². The molecule has 1 aliphatic heterocycles. The summed E-state index contributed by atoms with van der Waals surface area (Å²) >= 11 is 0. The Morgan fingerprint density at radius 3 is 2.60 bits per heavy atom. The summed E-state index contributed by atoms with van der Waals surface area (Å²) < 4.78 is 5.33. The second-order valence-electron chi connectivity index (χ2n) is 5.67. The maximum atomic E-state index is 8.76. The van der Waals surface area contributed by atoms with Crippen LogP contribution >= 0.6 is 0 Å². The lowest BCUT2D eigenvalue weighted by Crippen LogP contribution is -2.20. The highest BCUT2D eigenvalue weighted by molar-refractivity contribution is 5.99. The maximum absolute atomic E-state index is 8.76. The minimum atomic E-state index is 0.0665. The van der Waals surface area contributed by atoms with E-state index in [0.717, 1.165) is 31.5 Å². The first-order valence-electron chi connectivity index (χ1n) is 6.92. The number of methoxy groups -OCH3 is 1. The molecular formula is C15H23N3O2. The van der Waals surface area contributed by atoms with Crippen molar-refractivity contribution in [2.75, 3.05) is 20.2 Å². The fraction of sp³-hybridized carbons (Fsp3) is 0.533. The van der Waals surface area contributed by atoms with E-state index in [0.29, 0.717) is 11.3 Å². The number of rotatable bonds is 4. The number of hydrogen-bond acceptors (Lipinski definition) is 4. The SMILES string of the molecule is COc1cc(CN2CC(C)C(C)C2)ccc1/C(N)=N/O. The van der Waals surface area contributed by atoms with E-state index in [4.69, 9.17) is 15.7 Å². The van der Waals surface area contributed by atoms with Crippen LogP contribution in [0.25, 0.3) is 0 Å². The number of likely N-dealkylation sites (tertiary alicyclic amines) is 1. The normalized spacial score (nSPS) is 24.1. The van der Waals surface area contributed by atoms with Crippen molar-refractivity contribution in [1.29, 1.82) is 0 Å². The Hall–Kier alpha value is -1.75. The highest BCUT2D eigenvalue weighted by atomic mass is 16.5. The third-order valence-corrected chi connectivity index (χ3v) is 4.12.